The highest BCUT2D eigenvalue weighted by atomic mass is 32.2. The quantitative estimate of drug-likeness (QED) is 0.690. The Bertz CT molecular complexity index is 960. The maximum absolute atomic E-state index is 12.3. The van der Waals surface area contributed by atoms with Gasteiger partial charge in [0.15, 0.2) is 0 Å². The molecule has 2 amide bonds. The minimum atomic E-state index is -3.94. The Labute approximate surface area is 133 Å². The first-order chi connectivity index (χ1) is 10.9. The normalized spacial score (nSPS) is 11.3. The van der Waals surface area contributed by atoms with E-state index in [9.17, 15) is 13.2 Å². The Morgan fingerprint density at radius 3 is 2.52 bits per heavy atom. The van der Waals surface area contributed by atoms with E-state index in [1.807, 2.05) is 29.8 Å². The average Bonchev–Trinajstić information content (AvgIpc) is 2.96. The fourth-order valence-electron chi connectivity index (χ4n) is 2.17. The van der Waals surface area contributed by atoms with E-state index in [1.165, 1.54) is 12.1 Å². The predicted octanol–water partition coefficient (Wildman–Crippen LogP) is 2.99. The summed E-state index contributed by atoms with van der Waals surface area (Å²) in [7, 11) is -3.94. The smallest absolute Gasteiger partial charge is 0.333 e. The summed E-state index contributed by atoms with van der Waals surface area (Å²) in [4.78, 5) is 14.8. The van der Waals surface area contributed by atoms with Gasteiger partial charge in [-0.05, 0) is 42.6 Å². The van der Waals surface area contributed by atoms with E-state index < -0.39 is 16.1 Å². The monoisotopic (exact) mass is 329 g/mol. The minimum absolute atomic E-state index is 0.0199. The largest absolute Gasteiger partial charge is 0.361 e. The van der Waals surface area contributed by atoms with Gasteiger partial charge in [0.05, 0.1) is 4.90 Å². The van der Waals surface area contributed by atoms with Crippen LogP contribution in [0.1, 0.15) is 5.56 Å². The maximum Gasteiger partial charge on any atom is 0.333 e. The first kappa shape index (κ1) is 15.1. The van der Waals surface area contributed by atoms with Crippen molar-refractivity contribution < 1.29 is 13.2 Å². The first-order valence-corrected chi connectivity index (χ1v) is 8.40. The van der Waals surface area contributed by atoms with Crippen LogP contribution >= 0.6 is 0 Å². The number of urea groups is 1. The van der Waals surface area contributed by atoms with E-state index in [-0.39, 0.29) is 4.90 Å². The molecule has 3 aromatic rings. The third-order valence-corrected chi connectivity index (χ3v) is 4.70. The number of sulfonamides is 1. The van der Waals surface area contributed by atoms with Crippen LogP contribution in [0.5, 0.6) is 0 Å². The molecular formula is C16H15N3O3S. The van der Waals surface area contributed by atoms with Gasteiger partial charge in [0.1, 0.15) is 0 Å². The second-order valence-corrected chi connectivity index (χ2v) is 6.83. The van der Waals surface area contributed by atoms with Gasteiger partial charge in [0.25, 0.3) is 10.0 Å². The highest BCUT2D eigenvalue weighted by Gasteiger charge is 2.18. The predicted molar refractivity (Wildman–Crippen MR) is 88.8 cm³/mol. The molecule has 0 spiro atoms. The van der Waals surface area contributed by atoms with Crippen LogP contribution < -0.4 is 10.0 Å². The van der Waals surface area contributed by atoms with Gasteiger partial charge in [-0.3, -0.25) is 0 Å². The number of carbonyl (C=O) groups is 1. The summed E-state index contributed by atoms with van der Waals surface area (Å²) in [5, 5.41) is 3.39. The number of hydrogen-bond donors (Lipinski definition) is 3. The minimum Gasteiger partial charge on any atom is -0.361 e. The number of amides is 2. The molecule has 6 nitrogen and oxygen atoms in total. The average molecular weight is 329 g/mol. The molecule has 118 valence electrons. The molecule has 0 atom stereocenters. The molecule has 0 bridgehead atoms. The summed E-state index contributed by atoms with van der Waals surface area (Å²) >= 11 is 0. The molecule has 1 aromatic heterocycles. The van der Waals surface area contributed by atoms with E-state index in [0.717, 1.165) is 10.9 Å². The van der Waals surface area contributed by atoms with Crippen molar-refractivity contribution in [2.75, 3.05) is 5.32 Å². The molecular weight excluding hydrogens is 314 g/mol. The first-order valence-electron chi connectivity index (χ1n) is 6.92. The SMILES string of the molecule is Cc1ccc(NC(=O)NS(=O)(=O)c2ccc3cc[nH]c3c2)cc1. The zero-order chi connectivity index (χ0) is 16.4. The molecule has 0 aliphatic heterocycles. The van der Waals surface area contributed by atoms with Crippen molar-refractivity contribution in [3.63, 3.8) is 0 Å². The van der Waals surface area contributed by atoms with E-state index in [0.29, 0.717) is 11.2 Å². The van der Waals surface area contributed by atoms with Crippen molar-refractivity contribution in [1.29, 1.82) is 0 Å². The third-order valence-electron chi connectivity index (χ3n) is 3.37. The van der Waals surface area contributed by atoms with Crippen LogP contribution in [-0.2, 0) is 10.0 Å². The van der Waals surface area contributed by atoms with Crippen LogP contribution in [0, 0.1) is 6.92 Å². The van der Waals surface area contributed by atoms with E-state index in [4.69, 9.17) is 0 Å². The molecule has 2 aromatic carbocycles. The van der Waals surface area contributed by atoms with Crippen LogP contribution in [0.2, 0.25) is 0 Å². The number of H-pyrrole nitrogens is 1. The fraction of sp³-hybridized carbons (Fsp3) is 0.0625. The molecule has 1 heterocycles. The lowest BCUT2D eigenvalue weighted by Gasteiger charge is -2.09. The molecule has 0 unspecified atom stereocenters. The maximum atomic E-state index is 12.3. The Hall–Kier alpha value is -2.80. The Morgan fingerprint density at radius 2 is 1.78 bits per heavy atom. The van der Waals surface area contributed by atoms with Gasteiger partial charge in [0.2, 0.25) is 0 Å². The Balaban J connectivity index is 1.77. The standard InChI is InChI=1S/C16H15N3O3S/c1-11-2-5-13(6-3-11)18-16(20)19-23(21,22)14-7-4-12-8-9-17-15(12)10-14/h2-10,17H,1H3,(H2,18,19,20). The number of anilines is 1. The summed E-state index contributed by atoms with van der Waals surface area (Å²) in [6, 6.07) is 12.7. The number of aromatic nitrogens is 1. The Morgan fingerprint density at radius 1 is 1.04 bits per heavy atom. The van der Waals surface area contributed by atoms with Crippen LogP contribution in [0.4, 0.5) is 10.5 Å². The second-order valence-electron chi connectivity index (χ2n) is 5.15. The number of fused-ring (bicyclic) bond motifs is 1. The van der Waals surface area contributed by atoms with Crippen molar-refractivity contribution in [2.24, 2.45) is 0 Å². The van der Waals surface area contributed by atoms with E-state index >= 15 is 0 Å². The van der Waals surface area contributed by atoms with Gasteiger partial charge in [-0.25, -0.2) is 17.9 Å². The summed E-state index contributed by atoms with van der Waals surface area (Å²) in [6.45, 7) is 1.92. The van der Waals surface area contributed by atoms with E-state index in [2.05, 4.69) is 10.3 Å². The molecule has 3 rings (SSSR count). The van der Waals surface area contributed by atoms with Gasteiger partial charge < -0.3 is 10.3 Å². The van der Waals surface area contributed by atoms with Crippen molar-refractivity contribution >= 4 is 32.6 Å². The van der Waals surface area contributed by atoms with Crippen molar-refractivity contribution in [3.8, 4) is 0 Å². The number of benzene rings is 2. The summed E-state index contributed by atoms with van der Waals surface area (Å²) < 4.78 is 26.5. The third kappa shape index (κ3) is 3.35. The molecule has 7 heteroatoms. The lowest BCUT2D eigenvalue weighted by Crippen LogP contribution is -2.34. The number of hydrogen-bond acceptors (Lipinski definition) is 3. The lowest BCUT2D eigenvalue weighted by molar-refractivity contribution is 0.256. The molecule has 0 saturated heterocycles. The molecule has 23 heavy (non-hydrogen) atoms. The van der Waals surface area contributed by atoms with Gasteiger partial charge >= 0.3 is 6.03 Å². The molecule has 0 fully saturated rings. The number of rotatable bonds is 3. The zero-order valence-electron chi connectivity index (χ0n) is 12.3. The molecule has 0 aliphatic rings. The van der Waals surface area contributed by atoms with Crippen LogP contribution in [0.15, 0.2) is 59.6 Å². The van der Waals surface area contributed by atoms with Crippen molar-refractivity contribution in [1.82, 2.24) is 9.71 Å². The van der Waals surface area contributed by atoms with Gasteiger partial charge in [0, 0.05) is 17.4 Å². The molecule has 3 N–H and O–H groups in total. The Kier molecular flexibility index (Phi) is 3.79. The summed E-state index contributed by atoms with van der Waals surface area (Å²) in [6.07, 6.45) is 1.72. The molecule has 0 saturated carbocycles. The number of aromatic amines is 1. The highest BCUT2D eigenvalue weighted by molar-refractivity contribution is 7.90. The number of carbonyl (C=O) groups excluding carboxylic acids is 1. The van der Waals surface area contributed by atoms with Crippen LogP contribution in [0.25, 0.3) is 10.9 Å². The fourth-order valence-corrected chi connectivity index (χ4v) is 3.10. The van der Waals surface area contributed by atoms with Crippen LogP contribution in [-0.4, -0.2) is 19.4 Å². The summed E-state index contributed by atoms with van der Waals surface area (Å²) in [5.41, 5.74) is 2.25. The van der Waals surface area contributed by atoms with Gasteiger partial charge in [-0.1, -0.05) is 23.8 Å². The van der Waals surface area contributed by atoms with Gasteiger partial charge in [-0.2, -0.15) is 0 Å². The second kappa shape index (κ2) is 5.77. The highest BCUT2D eigenvalue weighted by Crippen LogP contribution is 2.18. The molecule has 0 radical (unpaired) electrons. The van der Waals surface area contributed by atoms with Gasteiger partial charge in [-0.15, -0.1) is 0 Å². The van der Waals surface area contributed by atoms with Crippen molar-refractivity contribution in [3.05, 3.63) is 60.3 Å². The zero-order valence-corrected chi connectivity index (χ0v) is 13.1. The topological polar surface area (TPSA) is 91.1 Å². The van der Waals surface area contributed by atoms with E-state index in [1.54, 1.807) is 24.4 Å². The number of aryl methyl sites for hydroxylation is 1. The van der Waals surface area contributed by atoms with Crippen LogP contribution in [0.3, 0.4) is 0 Å². The lowest BCUT2D eigenvalue weighted by atomic mass is 10.2. The summed E-state index contributed by atoms with van der Waals surface area (Å²) in [5.74, 6) is 0. The molecule has 0 aliphatic carbocycles. The van der Waals surface area contributed by atoms with Crippen molar-refractivity contribution in [2.45, 2.75) is 11.8 Å². The number of nitrogens with one attached hydrogen (secondary N) is 3.